The number of hydrogen-bond acceptors (Lipinski definition) is 3. The Morgan fingerprint density at radius 3 is 1.70 bits per heavy atom. The van der Waals surface area contributed by atoms with Gasteiger partial charge in [0.15, 0.2) is 0 Å². The Kier molecular flexibility index (Phi) is 7.09. The minimum absolute atomic E-state index is 0.338. The SMILES string of the molecule is O=C(N/N=C(/c1ccccc1)c1ccc(-c2ccccc2)cc1)c1cn(-c2ccccc2)nc1-c1ccccc1. The average Bonchev–Trinajstić information content (AvgIpc) is 3.49. The summed E-state index contributed by atoms with van der Waals surface area (Å²) in [6.45, 7) is 0. The number of rotatable bonds is 7. The van der Waals surface area contributed by atoms with E-state index in [4.69, 9.17) is 5.10 Å². The molecule has 0 atom stereocenters. The van der Waals surface area contributed by atoms with E-state index in [1.165, 1.54) is 0 Å². The number of carbonyl (C=O) groups excluding carboxylic acids is 1. The second-order valence-corrected chi connectivity index (χ2v) is 9.25. The lowest BCUT2D eigenvalue weighted by Gasteiger charge is -2.10. The summed E-state index contributed by atoms with van der Waals surface area (Å²) >= 11 is 0. The van der Waals surface area contributed by atoms with Gasteiger partial charge < -0.3 is 0 Å². The number of hydrogen-bond donors (Lipinski definition) is 1. The number of amides is 1. The van der Waals surface area contributed by atoms with E-state index >= 15 is 0 Å². The van der Waals surface area contributed by atoms with Crippen LogP contribution in [0.1, 0.15) is 21.5 Å². The van der Waals surface area contributed by atoms with Crippen LogP contribution in [0.5, 0.6) is 0 Å². The second-order valence-electron chi connectivity index (χ2n) is 9.25. The van der Waals surface area contributed by atoms with Gasteiger partial charge in [0.05, 0.1) is 17.0 Å². The maximum atomic E-state index is 13.6. The van der Waals surface area contributed by atoms with Gasteiger partial charge in [0.25, 0.3) is 5.91 Å². The predicted octanol–water partition coefficient (Wildman–Crippen LogP) is 7.39. The van der Waals surface area contributed by atoms with Gasteiger partial charge in [0.1, 0.15) is 5.69 Å². The Labute approximate surface area is 233 Å². The first-order valence-corrected chi connectivity index (χ1v) is 13.1. The first kappa shape index (κ1) is 24.8. The maximum Gasteiger partial charge on any atom is 0.275 e. The number of nitrogens with one attached hydrogen (secondary N) is 1. The van der Waals surface area contributed by atoms with Gasteiger partial charge in [-0.05, 0) is 23.3 Å². The monoisotopic (exact) mass is 518 g/mol. The summed E-state index contributed by atoms with van der Waals surface area (Å²) in [5, 5.41) is 9.40. The quantitative estimate of drug-likeness (QED) is 0.177. The van der Waals surface area contributed by atoms with Crippen LogP contribution in [0.25, 0.3) is 28.1 Å². The predicted molar refractivity (Wildman–Crippen MR) is 160 cm³/mol. The number of nitrogens with zero attached hydrogens (tertiary/aromatic N) is 3. The van der Waals surface area contributed by atoms with Crippen LogP contribution < -0.4 is 5.43 Å². The fraction of sp³-hybridized carbons (Fsp3) is 0. The van der Waals surface area contributed by atoms with Crippen molar-refractivity contribution in [2.45, 2.75) is 0 Å². The highest BCUT2D eigenvalue weighted by Gasteiger charge is 2.19. The molecule has 1 aromatic heterocycles. The zero-order valence-corrected chi connectivity index (χ0v) is 21.7. The van der Waals surface area contributed by atoms with E-state index in [9.17, 15) is 4.79 Å². The van der Waals surface area contributed by atoms with Crippen LogP contribution in [0.2, 0.25) is 0 Å². The van der Waals surface area contributed by atoms with Crippen molar-refractivity contribution in [1.29, 1.82) is 0 Å². The molecule has 6 aromatic rings. The molecule has 0 unspecified atom stereocenters. The van der Waals surface area contributed by atoms with Crippen molar-refractivity contribution in [2.75, 3.05) is 0 Å². The maximum absolute atomic E-state index is 13.6. The van der Waals surface area contributed by atoms with E-state index in [2.05, 4.69) is 34.8 Å². The molecule has 6 rings (SSSR count). The number of hydrazone groups is 1. The second kappa shape index (κ2) is 11.5. The molecule has 0 aliphatic heterocycles. The van der Waals surface area contributed by atoms with Gasteiger partial charge in [0, 0.05) is 22.9 Å². The highest BCUT2D eigenvalue weighted by molar-refractivity contribution is 6.13. The van der Waals surface area contributed by atoms with Gasteiger partial charge in [-0.3, -0.25) is 4.79 Å². The number of para-hydroxylation sites is 1. The normalized spacial score (nSPS) is 11.2. The van der Waals surface area contributed by atoms with Crippen LogP contribution in [0.15, 0.2) is 157 Å². The zero-order valence-electron chi connectivity index (χ0n) is 21.7. The van der Waals surface area contributed by atoms with Gasteiger partial charge in [-0.1, -0.05) is 133 Å². The topological polar surface area (TPSA) is 59.3 Å². The van der Waals surface area contributed by atoms with Crippen LogP contribution in [-0.2, 0) is 0 Å². The molecule has 1 N–H and O–H groups in total. The van der Waals surface area contributed by atoms with Gasteiger partial charge >= 0.3 is 0 Å². The minimum atomic E-state index is -0.338. The molecule has 192 valence electrons. The number of carbonyl (C=O) groups is 1. The van der Waals surface area contributed by atoms with E-state index in [1.54, 1.807) is 10.9 Å². The number of aromatic nitrogens is 2. The summed E-state index contributed by atoms with van der Waals surface area (Å²) in [6.07, 6.45) is 1.75. The Morgan fingerprint density at radius 1 is 0.575 bits per heavy atom. The van der Waals surface area contributed by atoms with E-state index in [-0.39, 0.29) is 5.91 Å². The molecular formula is C35H26N4O. The molecule has 0 saturated carbocycles. The summed E-state index contributed by atoms with van der Waals surface area (Å²) in [7, 11) is 0. The molecule has 0 spiro atoms. The van der Waals surface area contributed by atoms with Crippen molar-refractivity contribution in [3.63, 3.8) is 0 Å². The molecule has 0 bridgehead atoms. The molecule has 5 nitrogen and oxygen atoms in total. The highest BCUT2D eigenvalue weighted by atomic mass is 16.2. The molecule has 0 fully saturated rings. The van der Waals surface area contributed by atoms with Gasteiger partial charge in [-0.15, -0.1) is 0 Å². The van der Waals surface area contributed by atoms with Crippen LogP contribution in [0, 0.1) is 0 Å². The molecule has 0 aliphatic carbocycles. The van der Waals surface area contributed by atoms with Gasteiger partial charge in [0.2, 0.25) is 0 Å². The lowest BCUT2D eigenvalue weighted by atomic mass is 9.99. The van der Waals surface area contributed by atoms with Crippen molar-refractivity contribution in [1.82, 2.24) is 15.2 Å². The first-order valence-electron chi connectivity index (χ1n) is 13.1. The molecule has 5 heteroatoms. The highest BCUT2D eigenvalue weighted by Crippen LogP contribution is 2.24. The molecule has 1 heterocycles. The summed E-state index contributed by atoms with van der Waals surface area (Å²) in [6, 6.07) is 47.7. The third-order valence-electron chi connectivity index (χ3n) is 6.61. The standard InChI is InChI=1S/C35H26N4O/c40-35(32-25-39(31-19-11-4-12-20-31)38-34(32)29-17-9-3-10-18-29)37-36-33(28-15-7-2-8-16-28)30-23-21-27(22-24-30)26-13-5-1-6-14-26/h1-25H,(H,37,40)/b36-33-. The van der Waals surface area contributed by atoms with Crippen molar-refractivity contribution in [3.05, 3.63) is 168 Å². The van der Waals surface area contributed by atoms with Crippen molar-refractivity contribution < 1.29 is 4.79 Å². The zero-order chi connectivity index (χ0) is 27.1. The summed E-state index contributed by atoms with van der Waals surface area (Å²) in [5.41, 5.74) is 10.3. The summed E-state index contributed by atoms with van der Waals surface area (Å²) in [4.78, 5) is 13.6. The lowest BCUT2D eigenvalue weighted by molar-refractivity contribution is 0.0955. The van der Waals surface area contributed by atoms with Gasteiger partial charge in [-0.25, -0.2) is 10.1 Å². The molecule has 0 saturated heterocycles. The van der Waals surface area contributed by atoms with E-state index < -0.39 is 0 Å². The molecule has 0 radical (unpaired) electrons. The third kappa shape index (κ3) is 5.35. The molecule has 0 aliphatic rings. The van der Waals surface area contributed by atoms with Crippen LogP contribution in [-0.4, -0.2) is 21.4 Å². The minimum Gasteiger partial charge on any atom is -0.267 e. The Bertz CT molecular complexity index is 1740. The third-order valence-corrected chi connectivity index (χ3v) is 6.61. The fourth-order valence-electron chi connectivity index (χ4n) is 4.57. The fourth-order valence-corrected chi connectivity index (χ4v) is 4.57. The number of benzene rings is 5. The Hall–Kier alpha value is -5.55. The molecule has 1 amide bonds. The van der Waals surface area contributed by atoms with E-state index in [1.807, 2.05) is 121 Å². The van der Waals surface area contributed by atoms with Crippen molar-refractivity contribution in [2.24, 2.45) is 5.10 Å². The smallest absolute Gasteiger partial charge is 0.267 e. The van der Waals surface area contributed by atoms with Crippen LogP contribution in [0.3, 0.4) is 0 Å². The molecular weight excluding hydrogens is 492 g/mol. The molecule has 5 aromatic carbocycles. The largest absolute Gasteiger partial charge is 0.275 e. The summed E-state index contributed by atoms with van der Waals surface area (Å²) in [5.74, 6) is -0.338. The van der Waals surface area contributed by atoms with Crippen LogP contribution >= 0.6 is 0 Å². The van der Waals surface area contributed by atoms with Crippen molar-refractivity contribution >= 4 is 11.6 Å². The van der Waals surface area contributed by atoms with E-state index in [0.717, 1.165) is 33.5 Å². The summed E-state index contributed by atoms with van der Waals surface area (Å²) < 4.78 is 1.72. The first-order chi connectivity index (χ1) is 19.8. The lowest BCUT2D eigenvalue weighted by Crippen LogP contribution is -2.21. The average molecular weight is 519 g/mol. The Morgan fingerprint density at radius 2 is 1.07 bits per heavy atom. The van der Waals surface area contributed by atoms with Gasteiger partial charge in [-0.2, -0.15) is 10.2 Å². The van der Waals surface area contributed by atoms with Crippen LogP contribution in [0.4, 0.5) is 0 Å². The molecule has 40 heavy (non-hydrogen) atoms. The Balaban J connectivity index is 1.36. The van der Waals surface area contributed by atoms with E-state index in [0.29, 0.717) is 17.0 Å². The van der Waals surface area contributed by atoms with Crippen molar-refractivity contribution in [3.8, 4) is 28.1 Å².